The lowest BCUT2D eigenvalue weighted by atomic mass is 10.1. The van der Waals surface area contributed by atoms with Gasteiger partial charge in [0.1, 0.15) is 0 Å². The molecule has 1 saturated heterocycles. The minimum Gasteiger partial charge on any atom is -0.487 e. The highest BCUT2D eigenvalue weighted by Gasteiger charge is 2.53. The predicted octanol–water partition coefficient (Wildman–Crippen LogP) is 3.21. The summed E-state index contributed by atoms with van der Waals surface area (Å²) in [5, 5.41) is 3.29. The van der Waals surface area contributed by atoms with Gasteiger partial charge in [0.25, 0.3) is 0 Å². The molecule has 6 heteroatoms. The molecule has 1 saturated carbocycles. The average Bonchev–Trinajstić information content (AvgIpc) is 3.02. The molecule has 2 fully saturated rings. The Morgan fingerprint density at radius 3 is 2.24 bits per heavy atom. The first-order valence-electron chi connectivity index (χ1n) is 8.31. The van der Waals surface area contributed by atoms with Crippen molar-refractivity contribution >= 4 is 10.8 Å². The number of halogens is 2. The van der Waals surface area contributed by atoms with Crippen molar-refractivity contribution in [3.05, 3.63) is 48.0 Å². The Hall–Kier alpha value is -1.79. The van der Waals surface area contributed by atoms with Gasteiger partial charge in [-0.05, 0) is 60.3 Å². The molecule has 0 amide bonds. The molecule has 0 bridgehead atoms. The van der Waals surface area contributed by atoms with Crippen molar-refractivity contribution in [2.45, 2.75) is 4.90 Å². The zero-order valence-electron chi connectivity index (χ0n) is 13.8. The Morgan fingerprint density at radius 1 is 1.08 bits per heavy atom. The molecule has 1 aliphatic heterocycles. The Kier molecular flexibility index (Phi) is 4.33. The highest BCUT2D eigenvalue weighted by Crippen LogP contribution is 2.48. The van der Waals surface area contributed by atoms with Gasteiger partial charge in [-0.25, -0.2) is 8.78 Å². The van der Waals surface area contributed by atoms with Crippen molar-refractivity contribution in [1.82, 2.24) is 5.32 Å². The average molecular weight is 363 g/mol. The van der Waals surface area contributed by atoms with E-state index in [0.717, 1.165) is 13.1 Å². The quantitative estimate of drug-likeness (QED) is 0.887. The van der Waals surface area contributed by atoms with E-state index in [1.165, 1.54) is 12.1 Å². The van der Waals surface area contributed by atoms with Crippen LogP contribution in [0.15, 0.2) is 41.3 Å². The molecule has 3 nitrogen and oxygen atoms in total. The van der Waals surface area contributed by atoms with Gasteiger partial charge in [-0.15, -0.1) is 0 Å². The maximum absolute atomic E-state index is 14.3. The summed E-state index contributed by atoms with van der Waals surface area (Å²) in [6.07, 6.45) is 1.59. The molecule has 2 aromatic rings. The molecule has 2 aliphatic rings. The first-order valence-corrected chi connectivity index (χ1v) is 9.87. The Bertz CT molecular complexity index is 792. The zero-order chi connectivity index (χ0) is 17.6. The van der Waals surface area contributed by atoms with Gasteiger partial charge in [0, 0.05) is 27.9 Å². The van der Waals surface area contributed by atoms with E-state index in [-0.39, 0.29) is 5.75 Å². The highest BCUT2D eigenvalue weighted by atomic mass is 32.2. The smallest absolute Gasteiger partial charge is 0.190 e. The molecule has 2 aromatic carbocycles. The predicted molar refractivity (Wildman–Crippen MR) is 93.0 cm³/mol. The maximum atomic E-state index is 14.3. The summed E-state index contributed by atoms with van der Waals surface area (Å²) < 4.78 is 45.6. The monoisotopic (exact) mass is 363 g/mol. The van der Waals surface area contributed by atoms with E-state index in [4.69, 9.17) is 4.74 Å². The fourth-order valence-corrected chi connectivity index (χ4v) is 4.20. The van der Waals surface area contributed by atoms with Crippen LogP contribution in [0.3, 0.4) is 0 Å². The number of piperidine rings is 1. The third-order valence-electron chi connectivity index (χ3n) is 5.21. The van der Waals surface area contributed by atoms with Crippen LogP contribution in [0.2, 0.25) is 0 Å². The van der Waals surface area contributed by atoms with Gasteiger partial charge in [0.05, 0.1) is 6.61 Å². The molecular weight excluding hydrogens is 344 g/mol. The number of hydrogen-bond donors (Lipinski definition) is 1. The maximum Gasteiger partial charge on any atom is 0.190 e. The summed E-state index contributed by atoms with van der Waals surface area (Å²) in [6, 6.07) is 9.39. The second kappa shape index (κ2) is 6.50. The standard InChI is InChI=1S/C19H19F2NO2S/c1-25(23)13-4-2-11(3-5-13)12-6-17(20)19(18(21)7-12)24-10-16-14-8-22-9-15(14)16/h2-7,14-16,22H,8-10H2,1H3/t14-,15?,16?,25?/m0/s1. The molecule has 0 aromatic heterocycles. The number of ether oxygens (including phenoxy) is 1. The molecule has 132 valence electrons. The molecule has 1 heterocycles. The van der Waals surface area contributed by atoms with Crippen LogP contribution in [0.5, 0.6) is 5.75 Å². The Labute approximate surface area is 147 Å². The number of benzene rings is 2. The molecule has 4 atom stereocenters. The zero-order valence-corrected chi connectivity index (χ0v) is 14.6. The van der Waals surface area contributed by atoms with Crippen LogP contribution in [-0.2, 0) is 10.8 Å². The molecule has 1 aliphatic carbocycles. The van der Waals surface area contributed by atoms with E-state index in [2.05, 4.69) is 5.32 Å². The summed E-state index contributed by atoms with van der Waals surface area (Å²) in [6.45, 7) is 2.31. The fourth-order valence-electron chi connectivity index (χ4n) is 3.68. The minimum atomic E-state index is -1.08. The largest absolute Gasteiger partial charge is 0.487 e. The van der Waals surface area contributed by atoms with E-state index in [9.17, 15) is 13.0 Å². The lowest BCUT2D eigenvalue weighted by Crippen LogP contribution is -2.18. The van der Waals surface area contributed by atoms with E-state index in [1.807, 2.05) is 0 Å². The van der Waals surface area contributed by atoms with Gasteiger partial charge < -0.3 is 10.1 Å². The van der Waals surface area contributed by atoms with E-state index in [0.29, 0.717) is 40.4 Å². The van der Waals surface area contributed by atoms with Gasteiger partial charge in [0.2, 0.25) is 0 Å². The third kappa shape index (κ3) is 3.20. The van der Waals surface area contributed by atoms with Gasteiger partial charge in [-0.1, -0.05) is 12.1 Å². The number of rotatable bonds is 5. The first kappa shape index (κ1) is 16.7. The van der Waals surface area contributed by atoms with Crippen molar-refractivity contribution in [2.24, 2.45) is 17.8 Å². The molecule has 0 spiro atoms. The number of hydrogen-bond acceptors (Lipinski definition) is 3. The fraction of sp³-hybridized carbons (Fsp3) is 0.368. The molecule has 25 heavy (non-hydrogen) atoms. The summed E-state index contributed by atoms with van der Waals surface area (Å²) in [5.74, 6) is -0.0969. The number of fused-ring (bicyclic) bond motifs is 1. The van der Waals surface area contributed by atoms with Crippen LogP contribution < -0.4 is 10.1 Å². The lowest BCUT2D eigenvalue weighted by molar-refractivity contribution is 0.255. The molecular formula is C19H19F2NO2S. The van der Waals surface area contributed by atoms with Crippen molar-refractivity contribution < 1.29 is 17.7 Å². The Morgan fingerprint density at radius 2 is 1.68 bits per heavy atom. The summed E-state index contributed by atoms with van der Waals surface area (Å²) >= 11 is 0. The summed E-state index contributed by atoms with van der Waals surface area (Å²) in [7, 11) is -1.08. The van der Waals surface area contributed by atoms with Crippen LogP contribution >= 0.6 is 0 Å². The van der Waals surface area contributed by atoms with Gasteiger partial charge in [0.15, 0.2) is 17.4 Å². The van der Waals surface area contributed by atoms with Crippen LogP contribution in [0.1, 0.15) is 0 Å². The van der Waals surface area contributed by atoms with Crippen LogP contribution in [0.25, 0.3) is 11.1 Å². The lowest BCUT2D eigenvalue weighted by Gasteiger charge is -2.11. The van der Waals surface area contributed by atoms with Crippen LogP contribution in [0, 0.1) is 29.4 Å². The molecule has 4 rings (SSSR count). The topological polar surface area (TPSA) is 38.3 Å². The molecule has 3 unspecified atom stereocenters. The Balaban J connectivity index is 1.50. The summed E-state index contributed by atoms with van der Waals surface area (Å²) in [4.78, 5) is 0.675. The second-order valence-corrected chi connectivity index (χ2v) is 8.09. The minimum absolute atomic E-state index is 0.298. The van der Waals surface area contributed by atoms with Crippen LogP contribution in [0.4, 0.5) is 8.78 Å². The third-order valence-corrected chi connectivity index (χ3v) is 6.14. The first-order chi connectivity index (χ1) is 12.0. The van der Waals surface area contributed by atoms with Crippen LogP contribution in [-0.4, -0.2) is 30.2 Å². The van der Waals surface area contributed by atoms with E-state index < -0.39 is 22.4 Å². The molecule has 0 radical (unpaired) electrons. The molecule has 1 N–H and O–H groups in total. The van der Waals surface area contributed by atoms with Crippen molar-refractivity contribution in [1.29, 1.82) is 0 Å². The SMILES string of the molecule is CS(=O)c1ccc(-c2cc(F)c(OCC3C4CNC[C@@H]43)c(F)c2)cc1. The van der Waals surface area contributed by atoms with Gasteiger partial charge >= 0.3 is 0 Å². The normalized spacial score (nSPS) is 25.5. The summed E-state index contributed by atoms with van der Waals surface area (Å²) in [5.41, 5.74) is 1.10. The van der Waals surface area contributed by atoms with Crippen molar-refractivity contribution in [3.63, 3.8) is 0 Å². The van der Waals surface area contributed by atoms with E-state index in [1.54, 1.807) is 30.5 Å². The second-order valence-electron chi connectivity index (χ2n) is 6.71. The highest BCUT2D eigenvalue weighted by molar-refractivity contribution is 7.84. The number of nitrogens with one attached hydrogen (secondary N) is 1. The van der Waals surface area contributed by atoms with Gasteiger partial charge in [-0.3, -0.25) is 4.21 Å². The van der Waals surface area contributed by atoms with Crippen molar-refractivity contribution in [3.8, 4) is 16.9 Å². The van der Waals surface area contributed by atoms with E-state index >= 15 is 0 Å². The van der Waals surface area contributed by atoms with Gasteiger partial charge in [-0.2, -0.15) is 0 Å². The van der Waals surface area contributed by atoms with Crippen molar-refractivity contribution in [2.75, 3.05) is 26.0 Å².